The number of aryl methyl sites for hydroxylation is 1. The fourth-order valence-electron chi connectivity index (χ4n) is 3.00. The highest BCUT2D eigenvalue weighted by atomic mass is 14.3. The Morgan fingerprint density at radius 2 is 1.81 bits per heavy atom. The third kappa shape index (κ3) is 4.33. The van der Waals surface area contributed by atoms with E-state index >= 15 is 0 Å². The van der Waals surface area contributed by atoms with E-state index in [-0.39, 0.29) is 5.41 Å². The van der Waals surface area contributed by atoms with Crippen molar-refractivity contribution in [2.75, 3.05) is 0 Å². The van der Waals surface area contributed by atoms with Gasteiger partial charge in [0.1, 0.15) is 0 Å². The van der Waals surface area contributed by atoms with Gasteiger partial charge in [-0.25, -0.2) is 0 Å². The van der Waals surface area contributed by atoms with Crippen LogP contribution in [0.25, 0.3) is 11.6 Å². The molecule has 116 valence electrons. The monoisotopic (exact) mass is 284 g/mol. The maximum absolute atomic E-state index is 2.48. The molecule has 1 aliphatic rings. The van der Waals surface area contributed by atoms with Crippen molar-refractivity contribution in [3.63, 3.8) is 0 Å². The summed E-state index contributed by atoms with van der Waals surface area (Å²) in [6, 6.07) is 6.64. The first-order valence-electron chi connectivity index (χ1n) is 8.28. The molecule has 0 heteroatoms. The fourth-order valence-corrected chi connectivity index (χ4v) is 3.00. The molecule has 0 radical (unpaired) electrons. The summed E-state index contributed by atoms with van der Waals surface area (Å²) in [5.41, 5.74) is 3.15. The minimum Gasteiger partial charge on any atom is -0.0911 e. The molecule has 0 bridgehead atoms. The third-order valence-electron chi connectivity index (χ3n) is 4.23. The van der Waals surface area contributed by atoms with Gasteiger partial charge in [-0.1, -0.05) is 76.1 Å². The van der Waals surface area contributed by atoms with Crippen molar-refractivity contribution in [2.45, 2.75) is 61.3 Å². The van der Waals surface area contributed by atoms with Gasteiger partial charge >= 0.3 is 0 Å². The van der Waals surface area contributed by atoms with Gasteiger partial charge in [-0.15, -0.1) is 0 Å². The topological polar surface area (TPSA) is 0 Å². The Kier molecular flexibility index (Phi) is 6.45. The van der Waals surface area contributed by atoms with Crippen molar-refractivity contribution in [2.24, 2.45) is 11.3 Å². The molecular weight excluding hydrogens is 252 g/mol. The highest BCUT2D eigenvalue weighted by Crippen LogP contribution is 2.35. The molecule has 0 nitrogen and oxygen atoms in total. The Labute approximate surface area is 131 Å². The van der Waals surface area contributed by atoms with Gasteiger partial charge in [-0.3, -0.25) is 0 Å². The van der Waals surface area contributed by atoms with Crippen LogP contribution in [-0.4, -0.2) is 0 Å². The molecule has 0 N–H and O–H groups in total. The van der Waals surface area contributed by atoms with Crippen molar-refractivity contribution in [3.8, 4) is 0 Å². The minimum absolute atomic E-state index is 0.232. The average molecular weight is 284 g/mol. The first kappa shape index (κ1) is 17.8. The number of benzene rings is 1. The van der Waals surface area contributed by atoms with E-state index in [9.17, 15) is 0 Å². The highest BCUT2D eigenvalue weighted by Gasteiger charge is 2.26. The first-order valence-corrected chi connectivity index (χ1v) is 8.28. The second-order valence-electron chi connectivity index (χ2n) is 6.82. The van der Waals surface area contributed by atoms with Crippen molar-refractivity contribution in [1.29, 1.82) is 0 Å². The second kappa shape index (κ2) is 7.64. The van der Waals surface area contributed by atoms with Crippen LogP contribution in [0.15, 0.2) is 30.4 Å². The lowest BCUT2D eigenvalue weighted by Gasteiger charge is -2.32. The van der Waals surface area contributed by atoms with Gasteiger partial charge in [0, 0.05) is 0 Å². The quantitative estimate of drug-likeness (QED) is 0.672. The van der Waals surface area contributed by atoms with Crippen LogP contribution in [0.5, 0.6) is 0 Å². The zero-order chi connectivity index (χ0) is 16.0. The number of hydrogen-bond acceptors (Lipinski definition) is 0. The van der Waals surface area contributed by atoms with Crippen LogP contribution in [-0.2, 0) is 0 Å². The van der Waals surface area contributed by atoms with E-state index in [1.807, 2.05) is 0 Å². The largest absolute Gasteiger partial charge is 0.0911 e. The molecule has 0 saturated heterocycles. The summed E-state index contributed by atoms with van der Waals surface area (Å²) in [6.45, 7) is 15.5. The maximum atomic E-state index is 2.48. The summed E-state index contributed by atoms with van der Waals surface area (Å²) < 4.78 is 0. The maximum Gasteiger partial charge on any atom is -0.0101 e. The molecule has 0 aromatic heterocycles. The minimum atomic E-state index is 0.232. The van der Waals surface area contributed by atoms with Gasteiger partial charge in [0.05, 0.1) is 0 Å². The van der Waals surface area contributed by atoms with Gasteiger partial charge in [0.15, 0.2) is 0 Å². The van der Waals surface area contributed by atoms with E-state index in [0.29, 0.717) is 5.92 Å². The predicted molar refractivity (Wildman–Crippen MR) is 96.6 cm³/mol. The molecule has 0 heterocycles. The highest BCUT2D eigenvalue weighted by molar-refractivity contribution is 5.53. The molecule has 1 unspecified atom stereocenters. The van der Waals surface area contributed by atoms with E-state index in [4.69, 9.17) is 0 Å². The van der Waals surface area contributed by atoms with E-state index in [1.54, 1.807) is 0 Å². The second-order valence-corrected chi connectivity index (χ2v) is 6.82. The smallest absolute Gasteiger partial charge is 0.0101 e. The Balaban J connectivity index is 0.000000677. The van der Waals surface area contributed by atoms with Crippen molar-refractivity contribution in [1.82, 2.24) is 0 Å². The zero-order valence-corrected chi connectivity index (χ0v) is 15.0. The fraction of sp³-hybridized carbons (Fsp3) is 0.524. The summed E-state index contributed by atoms with van der Waals surface area (Å²) in [5.74, 6) is 0.599. The van der Waals surface area contributed by atoms with E-state index in [1.165, 1.54) is 34.4 Å². The molecule has 0 aliphatic heterocycles. The molecule has 21 heavy (non-hydrogen) atoms. The average Bonchev–Trinajstić information content (AvgIpc) is 2.40. The van der Waals surface area contributed by atoms with Crippen LogP contribution in [0, 0.1) is 18.3 Å². The summed E-state index contributed by atoms with van der Waals surface area (Å²) in [5, 5.41) is 2.89. The lowest BCUT2D eigenvalue weighted by Crippen LogP contribution is -2.36. The number of fused-ring (bicyclic) bond motifs is 1. The van der Waals surface area contributed by atoms with Crippen molar-refractivity contribution in [3.05, 3.63) is 46.4 Å². The summed E-state index contributed by atoms with van der Waals surface area (Å²) in [4.78, 5) is 0. The van der Waals surface area contributed by atoms with Gasteiger partial charge in [-0.2, -0.15) is 0 Å². The van der Waals surface area contributed by atoms with Gasteiger partial charge in [-0.05, 0) is 54.5 Å². The molecule has 0 fully saturated rings. The number of rotatable bonds is 2. The normalized spacial score (nSPS) is 17.9. The molecule has 1 aliphatic carbocycles. The zero-order valence-electron chi connectivity index (χ0n) is 15.0. The molecule has 1 atom stereocenters. The summed E-state index contributed by atoms with van der Waals surface area (Å²) in [6.07, 6.45) is 9.42. The van der Waals surface area contributed by atoms with Gasteiger partial charge < -0.3 is 0 Å². The van der Waals surface area contributed by atoms with Crippen LogP contribution >= 0.6 is 0 Å². The van der Waals surface area contributed by atoms with Crippen LogP contribution in [0.1, 0.15) is 59.9 Å². The molecule has 2 rings (SSSR count). The van der Waals surface area contributed by atoms with E-state index < -0.39 is 0 Å². The Hall–Kier alpha value is -1.30. The lowest BCUT2D eigenvalue weighted by atomic mass is 9.73. The molecule has 1 aromatic rings. The molecule has 0 saturated carbocycles. The summed E-state index contributed by atoms with van der Waals surface area (Å²) in [7, 11) is 0. The van der Waals surface area contributed by atoms with Crippen LogP contribution in [0.2, 0.25) is 0 Å². The molecule has 0 spiro atoms. The molecule has 0 amide bonds. The Morgan fingerprint density at radius 1 is 1.19 bits per heavy atom. The van der Waals surface area contributed by atoms with Crippen molar-refractivity contribution < 1.29 is 0 Å². The Morgan fingerprint density at radius 3 is 2.38 bits per heavy atom. The predicted octanol–water partition coefficient (Wildman–Crippen LogP) is 4.98. The molecule has 1 aromatic carbocycles. The lowest BCUT2D eigenvalue weighted by molar-refractivity contribution is 0.363. The van der Waals surface area contributed by atoms with Gasteiger partial charge in [0.2, 0.25) is 0 Å². The summed E-state index contributed by atoms with van der Waals surface area (Å²) >= 11 is 0. The standard InChI is InChI=1S/C18H24.C3H8/c1-6-10-18(4,5)15-11-14(3)16-9-7-8-13(2)17(16)12-15;1-3-2/h6-10,12,15H,11H2,1-5H3;3H2,1-2H3. The van der Waals surface area contributed by atoms with Gasteiger partial charge in [0.25, 0.3) is 0 Å². The Bertz CT molecular complexity index is 599. The number of allylic oxidation sites excluding steroid dienone is 2. The van der Waals surface area contributed by atoms with E-state index in [2.05, 4.69) is 84.9 Å². The number of hydrogen-bond donors (Lipinski definition) is 0. The third-order valence-corrected chi connectivity index (χ3v) is 4.23. The first-order chi connectivity index (χ1) is 9.87. The van der Waals surface area contributed by atoms with Crippen LogP contribution in [0.3, 0.4) is 0 Å². The van der Waals surface area contributed by atoms with Crippen molar-refractivity contribution >= 4 is 11.6 Å². The molecular formula is C21H32. The SMILES string of the molecule is CC=CC(C)(C)C1C=c2c(C)cccc2=C(C)C1.CCC. The van der Waals surface area contributed by atoms with E-state index in [0.717, 1.165) is 0 Å². The van der Waals surface area contributed by atoms with Crippen LogP contribution in [0.4, 0.5) is 0 Å². The van der Waals surface area contributed by atoms with Crippen LogP contribution < -0.4 is 10.4 Å².